The van der Waals surface area contributed by atoms with Crippen LogP contribution in [0.4, 0.5) is 0 Å². The first-order chi connectivity index (χ1) is 10.2. The van der Waals surface area contributed by atoms with Gasteiger partial charge in [0.25, 0.3) is 5.91 Å². The number of likely N-dealkylation sites (tertiary alicyclic amines) is 1. The molecule has 1 saturated heterocycles. The third kappa shape index (κ3) is 3.44. The lowest BCUT2D eigenvalue weighted by Gasteiger charge is -2.32. The van der Waals surface area contributed by atoms with Crippen molar-refractivity contribution in [1.82, 2.24) is 19.9 Å². The minimum atomic E-state index is -0.00802. The smallest absolute Gasteiger partial charge is 0.274 e. The number of aromatic nitrogens is 3. The van der Waals surface area contributed by atoms with Crippen molar-refractivity contribution in [2.24, 2.45) is 5.92 Å². The third-order valence-corrected chi connectivity index (χ3v) is 4.55. The van der Waals surface area contributed by atoms with Crippen molar-refractivity contribution in [3.8, 4) is 0 Å². The molecule has 0 bridgehead atoms. The summed E-state index contributed by atoms with van der Waals surface area (Å²) in [5, 5.41) is 3.16. The molecule has 1 unspecified atom stereocenters. The number of carbonyl (C=O) groups excluding carboxylic acids is 1. The molecule has 110 valence electrons. The quantitative estimate of drug-likeness (QED) is 0.873. The highest BCUT2D eigenvalue weighted by atomic mass is 32.1. The zero-order valence-electron chi connectivity index (χ0n) is 12.0. The van der Waals surface area contributed by atoms with Gasteiger partial charge in [-0.15, -0.1) is 11.3 Å². The first-order valence-corrected chi connectivity index (χ1v) is 8.06. The standard InChI is InChI=1S/C15H18N4OS/c1-11-8-18-13(9-17-11)15(20)19-5-2-3-12(10-19)7-14-16-4-6-21-14/h4,6,8-9,12H,2-3,5,7,10H2,1H3. The Morgan fingerprint density at radius 3 is 3.00 bits per heavy atom. The van der Waals surface area contributed by atoms with Crippen molar-refractivity contribution in [2.45, 2.75) is 26.2 Å². The van der Waals surface area contributed by atoms with Gasteiger partial charge < -0.3 is 4.90 Å². The number of rotatable bonds is 3. The molecular formula is C15H18N4OS. The van der Waals surface area contributed by atoms with E-state index in [0.717, 1.165) is 43.1 Å². The van der Waals surface area contributed by atoms with Crippen molar-refractivity contribution >= 4 is 17.2 Å². The summed E-state index contributed by atoms with van der Waals surface area (Å²) in [4.78, 5) is 27.1. The zero-order chi connectivity index (χ0) is 14.7. The van der Waals surface area contributed by atoms with Gasteiger partial charge >= 0.3 is 0 Å². The van der Waals surface area contributed by atoms with Crippen LogP contribution in [-0.2, 0) is 6.42 Å². The van der Waals surface area contributed by atoms with Crippen LogP contribution in [0.3, 0.4) is 0 Å². The van der Waals surface area contributed by atoms with Crippen LogP contribution >= 0.6 is 11.3 Å². The van der Waals surface area contributed by atoms with E-state index in [4.69, 9.17) is 0 Å². The Labute approximate surface area is 128 Å². The Hall–Kier alpha value is -1.82. The van der Waals surface area contributed by atoms with Gasteiger partial charge in [-0.05, 0) is 25.7 Å². The minimum absolute atomic E-state index is 0.00802. The lowest BCUT2D eigenvalue weighted by molar-refractivity contribution is 0.0667. The third-order valence-electron chi connectivity index (χ3n) is 3.75. The molecule has 1 fully saturated rings. The Balaban J connectivity index is 1.65. The van der Waals surface area contributed by atoms with Crippen molar-refractivity contribution in [3.63, 3.8) is 0 Å². The number of piperidine rings is 1. The predicted molar refractivity (Wildman–Crippen MR) is 81.2 cm³/mol. The van der Waals surface area contributed by atoms with E-state index in [2.05, 4.69) is 15.0 Å². The minimum Gasteiger partial charge on any atom is -0.337 e. The summed E-state index contributed by atoms with van der Waals surface area (Å²) < 4.78 is 0. The van der Waals surface area contributed by atoms with E-state index in [1.54, 1.807) is 23.7 Å². The van der Waals surface area contributed by atoms with E-state index in [0.29, 0.717) is 11.6 Å². The summed E-state index contributed by atoms with van der Waals surface area (Å²) >= 11 is 1.69. The molecule has 2 aromatic heterocycles. The topological polar surface area (TPSA) is 59.0 Å². The Morgan fingerprint density at radius 1 is 1.38 bits per heavy atom. The average Bonchev–Trinajstić information content (AvgIpc) is 3.00. The SMILES string of the molecule is Cc1cnc(C(=O)N2CCCC(Cc3nccs3)C2)cn1. The first kappa shape index (κ1) is 14.1. The van der Waals surface area contributed by atoms with Crippen LogP contribution < -0.4 is 0 Å². The Kier molecular flexibility index (Phi) is 4.24. The number of hydrogen-bond donors (Lipinski definition) is 0. The predicted octanol–water partition coefficient (Wildman–Crippen LogP) is 2.34. The summed E-state index contributed by atoms with van der Waals surface area (Å²) in [5.74, 6) is 0.485. The molecule has 3 heterocycles. The number of hydrogen-bond acceptors (Lipinski definition) is 5. The second-order valence-electron chi connectivity index (χ2n) is 5.43. The fourth-order valence-electron chi connectivity index (χ4n) is 2.68. The molecule has 6 heteroatoms. The van der Waals surface area contributed by atoms with Crippen LogP contribution in [-0.4, -0.2) is 38.8 Å². The van der Waals surface area contributed by atoms with Gasteiger partial charge in [-0.2, -0.15) is 0 Å². The molecular weight excluding hydrogens is 284 g/mol. The van der Waals surface area contributed by atoms with Crippen LogP contribution in [0.2, 0.25) is 0 Å². The lowest BCUT2D eigenvalue weighted by Crippen LogP contribution is -2.40. The Morgan fingerprint density at radius 2 is 2.29 bits per heavy atom. The van der Waals surface area contributed by atoms with Crippen LogP contribution in [0, 0.1) is 12.8 Å². The molecule has 0 radical (unpaired) electrons. The van der Waals surface area contributed by atoms with Gasteiger partial charge in [0.15, 0.2) is 0 Å². The highest BCUT2D eigenvalue weighted by Gasteiger charge is 2.25. The van der Waals surface area contributed by atoms with Crippen molar-refractivity contribution in [1.29, 1.82) is 0 Å². The van der Waals surface area contributed by atoms with Gasteiger partial charge in [0.05, 0.1) is 16.9 Å². The van der Waals surface area contributed by atoms with Crippen LogP contribution in [0.15, 0.2) is 24.0 Å². The number of amides is 1. The molecule has 3 rings (SSSR count). The summed E-state index contributed by atoms with van der Waals surface area (Å²) in [6, 6.07) is 0. The van der Waals surface area contributed by atoms with Crippen molar-refractivity contribution in [2.75, 3.05) is 13.1 Å². The fraction of sp³-hybridized carbons (Fsp3) is 0.467. The number of thiazole rings is 1. The van der Waals surface area contributed by atoms with Gasteiger partial charge in [0, 0.05) is 37.3 Å². The van der Waals surface area contributed by atoms with Crippen LogP contribution in [0.5, 0.6) is 0 Å². The van der Waals surface area contributed by atoms with Crippen LogP contribution in [0.1, 0.15) is 34.0 Å². The van der Waals surface area contributed by atoms with Gasteiger partial charge in [-0.1, -0.05) is 0 Å². The van der Waals surface area contributed by atoms with Gasteiger partial charge in [0.2, 0.25) is 0 Å². The molecule has 1 aliphatic heterocycles. The van der Waals surface area contributed by atoms with Crippen molar-refractivity contribution < 1.29 is 4.79 Å². The van der Waals surface area contributed by atoms with Crippen LogP contribution in [0.25, 0.3) is 0 Å². The van der Waals surface area contributed by atoms with E-state index >= 15 is 0 Å². The maximum absolute atomic E-state index is 12.5. The average molecular weight is 302 g/mol. The molecule has 1 aliphatic rings. The molecule has 0 saturated carbocycles. The number of nitrogens with zero attached hydrogens (tertiary/aromatic N) is 4. The highest BCUT2D eigenvalue weighted by Crippen LogP contribution is 2.22. The van der Waals surface area contributed by atoms with E-state index in [1.165, 1.54) is 0 Å². The molecule has 5 nitrogen and oxygen atoms in total. The fourth-order valence-corrected chi connectivity index (χ4v) is 3.41. The summed E-state index contributed by atoms with van der Waals surface area (Å²) in [6.07, 6.45) is 8.21. The van der Waals surface area contributed by atoms with E-state index in [-0.39, 0.29) is 5.91 Å². The van der Waals surface area contributed by atoms with E-state index in [9.17, 15) is 4.79 Å². The maximum Gasteiger partial charge on any atom is 0.274 e. The molecule has 1 atom stereocenters. The molecule has 0 N–H and O–H groups in total. The largest absolute Gasteiger partial charge is 0.337 e. The van der Waals surface area contributed by atoms with Gasteiger partial charge in [-0.3, -0.25) is 9.78 Å². The summed E-state index contributed by atoms with van der Waals surface area (Å²) in [6.45, 7) is 3.46. The monoisotopic (exact) mass is 302 g/mol. The lowest BCUT2D eigenvalue weighted by atomic mass is 9.95. The van der Waals surface area contributed by atoms with Gasteiger partial charge in [-0.25, -0.2) is 9.97 Å². The molecule has 0 aromatic carbocycles. The Bertz CT molecular complexity index is 597. The molecule has 21 heavy (non-hydrogen) atoms. The van der Waals surface area contributed by atoms with Gasteiger partial charge in [0.1, 0.15) is 5.69 Å². The highest BCUT2D eigenvalue weighted by molar-refractivity contribution is 7.09. The number of aryl methyl sites for hydroxylation is 1. The van der Waals surface area contributed by atoms with E-state index < -0.39 is 0 Å². The molecule has 1 amide bonds. The maximum atomic E-state index is 12.5. The number of carbonyl (C=O) groups is 1. The second-order valence-corrected chi connectivity index (χ2v) is 6.41. The summed E-state index contributed by atoms with van der Waals surface area (Å²) in [5.41, 5.74) is 1.27. The molecule has 0 spiro atoms. The normalized spacial score (nSPS) is 18.7. The first-order valence-electron chi connectivity index (χ1n) is 7.18. The van der Waals surface area contributed by atoms with Crippen molar-refractivity contribution in [3.05, 3.63) is 40.4 Å². The second kappa shape index (κ2) is 6.30. The molecule has 2 aromatic rings. The molecule has 0 aliphatic carbocycles. The summed E-state index contributed by atoms with van der Waals surface area (Å²) in [7, 11) is 0. The van der Waals surface area contributed by atoms with E-state index in [1.807, 2.05) is 23.4 Å². The zero-order valence-corrected chi connectivity index (χ0v) is 12.8.